The topological polar surface area (TPSA) is 58.2 Å². The van der Waals surface area contributed by atoms with Crippen molar-refractivity contribution in [3.63, 3.8) is 0 Å². The van der Waals surface area contributed by atoms with Crippen LogP contribution in [0.1, 0.15) is 23.2 Å². The van der Waals surface area contributed by atoms with Crippen LogP contribution in [-0.2, 0) is 4.79 Å². The highest BCUT2D eigenvalue weighted by Gasteiger charge is 2.18. The fourth-order valence-electron chi connectivity index (χ4n) is 1.92. The van der Waals surface area contributed by atoms with E-state index < -0.39 is 17.4 Å². The molecular formula is C14H17ClF2N2O2. The van der Waals surface area contributed by atoms with Crippen LogP contribution in [0.3, 0.4) is 0 Å². The van der Waals surface area contributed by atoms with E-state index in [0.29, 0.717) is 18.5 Å². The zero-order valence-electron chi connectivity index (χ0n) is 11.3. The third-order valence-corrected chi connectivity index (χ3v) is 3.26. The average Bonchev–Trinajstić information content (AvgIpc) is 2.34. The summed E-state index contributed by atoms with van der Waals surface area (Å²) in [6.45, 7) is 2.37. The lowest BCUT2D eigenvalue weighted by Crippen LogP contribution is -2.48. The van der Waals surface area contributed by atoms with Crippen molar-refractivity contribution in [1.82, 2.24) is 10.6 Å². The van der Waals surface area contributed by atoms with Crippen LogP contribution in [0.5, 0.6) is 0 Å². The van der Waals surface area contributed by atoms with Crippen molar-refractivity contribution < 1.29 is 18.4 Å². The highest BCUT2D eigenvalue weighted by Crippen LogP contribution is 2.12. The number of amides is 1. The number of ketones is 1. The second-order valence-corrected chi connectivity index (χ2v) is 4.88. The molecule has 2 rings (SSSR count). The molecule has 116 valence electrons. The van der Waals surface area contributed by atoms with Gasteiger partial charge in [-0.25, -0.2) is 8.78 Å². The van der Waals surface area contributed by atoms with Crippen LogP contribution < -0.4 is 10.6 Å². The van der Waals surface area contributed by atoms with Crippen LogP contribution in [0.2, 0.25) is 0 Å². The van der Waals surface area contributed by atoms with Crippen LogP contribution in [0, 0.1) is 17.6 Å². The first-order valence-electron chi connectivity index (χ1n) is 6.52. The first kappa shape index (κ1) is 17.5. The largest absolute Gasteiger partial charge is 0.356 e. The van der Waals surface area contributed by atoms with Gasteiger partial charge in [0.05, 0.1) is 5.56 Å². The molecule has 0 bridgehead atoms. The molecule has 4 nitrogen and oxygen atoms in total. The second kappa shape index (κ2) is 8.05. The van der Waals surface area contributed by atoms with Gasteiger partial charge in [0.25, 0.3) is 0 Å². The number of Topliss-reactive ketones (excluding diaryl/α,β-unsaturated/α-hetero) is 1. The van der Waals surface area contributed by atoms with Gasteiger partial charge in [-0.05, 0) is 12.1 Å². The summed E-state index contributed by atoms with van der Waals surface area (Å²) in [4.78, 5) is 23.3. The Morgan fingerprint density at radius 1 is 1.24 bits per heavy atom. The molecular weight excluding hydrogens is 302 g/mol. The molecule has 0 aliphatic carbocycles. The molecule has 21 heavy (non-hydrogen) atoms. The minimum absolute atomic E-state index is 0. The zero-order chi connectivity index (χ0) is 14.5. The van der Waals surface area contributed by atoms with Gasteiger partial charge in [0.2, 0.25) is 5.91 Å². The summed E-state index contributed by atoms with van der Waals surface area (Å²) < 4.78 is 26.1. The molecule has 0 aromatic heterocycles. The lowest BCUT2D eigenvalue weighted by molar-refractivity contribution is -0.121. The third-order valence-electron chi connectivity index (χ3n) is 3.26. The van der Waals surface area contributed by atoms with Crippen molar-refractivity contribution in [3.05, 3.63) is 35.4 Å². The molecule has 2 N–H and O–H groups in total. The van der Waals surface area contributed by atoms with Crippen LogP contribution in [0.15, 0.2) is 18.2 Å². The minimum atomic E-state index is -0.893. The van der Waals surface area contributed by atoms with Gasteiger partial charge in [0, 0.05) is 44.5 Å². The Morgan fingerprint density at radius 3 is 2.52 bits per heavy atom. The van der Waals surface area contributed by atoms with Gasteiger partial charge >= 0.3 is 0 Å². The maximum Gasteiger partial charge on any atom is 0.220 e. The number of carbonyl (C=O) groups excluding carboxylic acids is 2. The van der Waals surface area contributed by atoms with Gasteiger partial charge in [-0.1, -0.05) is 0 Å². The second-order valence-electron chi connectivity index (χ2n) is 4.88. The first-order valence-corrected chi connectivity index (χ1v) is 6.52. The van der Waals surface area contributed by atoms with Gasteiger partial charge in [-0.15, -0.1) is 12.4 Å². The lowest BCUT2D eigenvalue weighted by atomic mass is 10.0. The van der Waals surface area contributed by atoms with Crippen LogP contribution >= 0.6 is 12.4 Å². The SMILES string of the molecule is Cl.O=C(CCC(=O)c1ccc(F)cc1F)NCC1CNC1. The monoisotopic (exact) mass is 318 g/mol. The number of benzene rings is 1. The van der Waals surface area contributed by atoms with E-state index in [1.54, 1.807) is 0 Å². The van der Waals surface area contributed by atoms with Crippen LogP contribution in [-0.4, -0.2) is 31.3 Å². The molecule has 1 aromatic rings. The fourth-order valence-corrected chi connectivity index (χ4v) is 1.92. The average molecular weight is 319 g/mol. The smallest absolute Gasteiger partial charge is 0.220 e. The predicted molar refractivity (Wildman–Crippen MR) is 76.5 cm³/mol. The number of rotatable bonds is 6. The van der Waals surface area contributed by atoms with E-state index >= 15 is 0 Å². The first-order chi connectivity index (χ1) is 9.56. The minimum Gasteiger partial charge on any atom is -0.356 e. The molecule has 0 saturated carbocycles. The Hall–Kier alpha value is -1.53. The van der Waals surface area contributed by atoms with E-state index in [2.05, 4.69) is 10.6 Å². The Kier molecular flexibility index (Phi) is 6.71. The molecule has 0 spiro atoms. The Bertz CT molecular complexity index is 522. The Labute approximate surface area is 127 Å². The summed E-state index contributed by atoms with van der Waals surface area (Å²) in [6, 6.07) is 2.79. The van der Waals surface area contributed by atoms with Crippen LogP contribution in [0.25, 0.3) is 0 Å². The van der Waals surface area contributed by atoms with Gasteiger partial charge < -0.3 is 10.6 Å². The molecule has 0 atom stereocenters. The van der Waals surface area contributed by atoms with Gasteiger partial charge in [-0.2, -0.15) is 0 Å². The molecule has 1 aliphatic rings. The molecule has 0 radical (unpaired) electrons. The van der Waals surface area contributed by atoms with E-state index in [1.165, 1.54) is 0 Å². The number of carbonyl (C=O) groups is 2. The molecule has 1 aliphatic heterocycles. The Morgan fingerprint density at radius 2 is 1.95 bits per heavy atom. The van der Waals surface area contributed by atoms with Crippen molar-refractivity contribution in [2.24, 2.45) is 5.92 Å². The summed E-state index contributed by atoms with van der Waals surface area (Å²) in [6.07, 6.45) is -0.0763. The number of halogens is 3. The van der Waals surface area contributed by atoms with Gasteiger partial charge in [0.1, 0.15) is 11.6 Å². The summed E-state index contributed by atoms with van der Waals surface area (Å²) in [7, 11) is 0. The molecule has 0 unspecified atom stereocenters. The van der Waals surface area contributed by atoms with Crippen molar-refractivity contribution in [2.75, 3.05) is 19.6 Å². The standard InChI is InChI=1S/C14H16F2N2O2.ClH/c15-10-1-2-11(12(16)5-10)13(19)3-4-14(20)18-8-9-6-17-7-9;/h1-2,5,9,17H,3-4,6-8H2,(H,18,20);1H. The van der Waals surface area contributed by atoms with Gasteiger partial charge in [-0.3, -0.25) is 9.59 Å². The van der Waals surface area contributed by atoms with Gasteiger partial charge in [0.15, 0.2) is 5.78 Å². The maximum absolute atomic E-state index is 13.4. The van der Waals surface area contributed by atoms with E-state index in [1.807, 2.05) is 0 Å². The number of hydrogen-bond donors (Lipinski definition) is 2. The van der Waals surface area contributed by atoms with Crippen molar-refractivity contribution in [1.29, 1.82) is 0 Å². The van der Waals surface area contributed by atoms with E-state index in [-0.39, 0.29) is 36.7 Å². The highest BCUT2D eigenvalue weighted by molar-refractivity contribution is 5.98. The molecule has 7 heteroatoms. The Balaban J connectivity index is 0.00000220. The number of nitrogens with one attached hydrogen (secondary N) is 2. The molecule has 1 aromatic carbocycles. The van der Waals surface area contributed by atoms with E-state index in [4.69, 9.17) is 0 Å². The summed E-state index contributed by atoms with van der Waals surface area (Å²) in [5, 5.41) is 5.82. The lowest BCUT2D eigenvalue weighted by Gasteiger charge is -2.27. The maximum atomic E-state index is 13.4. The quantitative estimate of drug-likeness (QED) is 0.785. The van der Waals surface area contributed by atoms with Crippen LogP contribution in [0.4, 0.5) is 8.78 Å². The van der Waals surface area contributed by atoms with Crippen molar-refractivity contribution in [2.45, 2.75) is 12.8 Å². The van der Waals surface area contributed by atoms with E-state index in [9.17, 15) is 18.4 Å². The normalized spacial score (nSPS) is 14.0. The summed E-state index contributed by atoms with van der Waals surface area (Å²) >= 11 is 0. The predicted octanol–water partition coefficient (Wildman–Crippen LogP) is 1.69. The number of hydrogen-bond acceptors (Lipinski definition) is 3. The molecule has 1 saturated heterocycles. The van der Waals surface area contributed by atoms with E-state index in [0.717, 1.165) is 25.2 Å². The molecule has 1 heterocycles. The summed E-state index contributed by atoms with van der Waals surface area (Å²) in [5.41, 5.74) is -0.178. The molecule has 1 amide bonds. The third kappa shape index (κ3) is 5.06. The molecule has 1 fully saturated rings. The fraction of sp³-hybridized carbons (Fsp3) is 0.429. The highest BCUT2D eigenvalue weighted by atomic mass is 35.5. The van der Waals surface area contributed by atoms with Crippen molar-refractivity contribution in [3.8, 4) is 0 Å². The summed E-state index contributed by atoms with van der Waals surface area (Å²) in [5.74, 6) is -1.90. The zero-order valence-corrected chi connectivity index (χ0v) is 12.1. The van der Waals surface area contributed by atoms with Crippen molar-refractivity contribution >= 4 is 24.1 Å².